The number of rotatable bonds is 3. The zero-order valence-corrected chi connectivity index (χ0v) is 13.4. The molecule has 0 radical (unpaired) electrons. The Hall–Kier alpha value is -1.63. The number of carbonyl (C=O) groups excluding carboxylic acids is 1. The molecular formula is C14H17Cl2N5O. The largest absolute Gasteiger partial charge is 0.315 e. The molecule has 1 aliphatic heterocycles. The van der Waals surface area contributed by atoms with Crippen LogP contribution < -0.4 is 10.6 Å². The highest BCUT2D eigenvalue weighted by Gasteiger charge is 2.17. The Balaban J connectivity index is 0.00000176. The highest BCUT2D eigenvalue weighted by atomic mass is 35.5. The third kappa shape index (κ3) is 3.97. The minimum atomic E-state index is -0.285. The van der Waals surface area contributed by atoms with Gasteiger partial charge in [-0.3, -0.25) is 9.48 Å². The Morgan fingerprint density at radius 2 is 2.32 bits per heavy atom. The van der Waals surface area contributed by atoms with E-state index in [0.717, 1.165) is 25.9 Å². The van der Waals surface area contributed by atoms with Gasteiger partial charge in [0.1, 0.15) is 5.82 Å². The number of amides is 1. The highest BCUT2D eigenvalue weighted by molar-refractivity contribution is 6.30. The smallest absolute Gasteiger partial charge is 0.277 e. The first-order valence-corrected chi connectivity index (χ1v) is 7.29. The van der Waals surface area contributed by atoms with Gasteiger partial charge in [0.15, 0.2) is 5.69 Å². The van der Waals surface area contributed by atoms with Crippen LogP contribution in [0.3, 0.4) is 0 Å². The number of aromatic nitrogens is 3. The molecule has 2 aromatic rings. The summed E-state index contributed by atoms with van der Waals surface area (Å²) in [7, 11) is 0. The Bertz CT molecular complexity index is 640. The van der Waals surface area contributed by atoms with Crippen molar-refractivity contribution in [2.24, 2.45) is 0 Å². The maximum absolute atomic E-state index is 12.1. The summed E-state index contributed by atoms with van der Waals surface area (Å²) in [6, 6.07) is 5.28. The number of hydrogen-bond donors (Lipinski definition) is 2. The fraction of sp³-hybridized carbons (Fsp3) is 0.357. The molecule has 1 amide bonds. The fourth-order valence-electron chi connectivity index (χ4n) is 2.38. The number of anilines is 1. The fourth-order valence-corrected chi connectivity index (χ4v) is 2.53. The first-order valence-electron chi connectivity index (χ1n) is 6.91. The van der Waals surface area contributed by atoms with Crippen molar-refractivity contribution in [3.8, 4) is 0 Å². The van der Waals surface area contributed by atoms with E-state index < -0.39 is 0 Å². The van der Waals surface area contributed by atoms with Crippen molar-refractivity contribution in [2.45, 2.75) is 18.9 Å². The van der Waals surface area contributed by atoms with Crippen LogP contribution in [0.25, 0.3) is 0 Å². The third-order valence-electron chi connectivity index (χ3n) is 3.45. The monoisotopic (exact) mass is 341 g/mol. The van der Waals surface area contributed by atoms with Crippen molar-refractivity contribution < 1.29 is 4.79 Å². The molecule has 22 heavy (non-hydrogen) atoms. The lowest BCUT2D eigenvalue weighted by Gasteiger charge is -2.22. The van der Waals surface area contributed by atoms with Gasteiger partial charge < -0.3 is 10.6 Å². The topological polar surface area (TPSA) is 71.8 Å². The molecule has 118 valence electrons. The Kier molecular flexibility index (Phi) is 5.76. The summed E-state index contributed by atoms with van der Waals surface area (Å²) >= 11 is 5.86. The Morgan fingerprint density at radius 1 is 1.45 bits per heavy atom. The van der Waals surface area contributed by atoms with Crippen LogP contribution in [0, 0.1) is 0 Å². The lowest BCUT2D eigenvalue weighted by Crippen LogP contribution is -2.32. The van der Waals surface area contributed by atoms with Gasteiger partial charge in [-0.15, -0.1) is 12.4 Å². The third-order valence-corrected chi connectivity index (χ3v) is 3.68. The summed E-state index contributed by atoms with van der Waals surface area (Å²) in [5.74, 6) is 0.133. The van der Waals surface area contributed by atoms with Crippen molar-refractivity contribution in [3.63, 3.8) is 0 Å². The molecule has 0 spiro atoms. The average molecular weight is 342 g/mol. The van der Waals surface area contributed by atoms with Gasteiger partial charge in [0.2, 0.25) is 0 Å². The van der Waals surface area contributed by atoms with Gasteiger partial charge in [-0.2, -0.15) is 5.10 Å². The molecule has 1 saturated heterocycles. The van der Waals surface area contributed by atoms with Gasteiger partial charge in [0.05, 0.1) is 6.04 Å². The van der Waals surface area contributed by atoms with Gasteiger partial charge in [-0.1, -0.05) is 11.6 Å². The van der Waals surface area contributed by atoms with Crippen molar-refractivity contribution in [1.29, 1.82) is 0 Å². The lowest BCUT2D eigenvalue weighted by molar-refractivity contribution is 0.102. The minimum Gasteiger partial charge on any atom is -0.315 e. The Morgan fingerprint density at radius 3 is 3.05 bits per heavy atom. The van der Waals surface area contributed by atoms with Gasteiger partial charge in [0.25, 0.3) is 5.91 Å². The van der Waals surface area contributed by atoms with Crippen LogP contribution in [0.2, 0.25) is 5.02 Å². The molecule has 1 atom stereocenters. The van der Waals surface area contributed by atoms with E-state index in [1.807, 2.05) is 10.9 Å². The van der Waals surface area contributed by atoms with E-state index in [1.165, 1.54) is 0 Å². The van der Waals surface area contributed by atoms with E-state index in [4.69, 9.17) is 11.6 Å². The number of nitrogens with one attached hydrogen (secondary N) is 2. The molecule has 8 heteroatoms. The number of pyridine rings is 1. The first-order chi connectivity index (χ1) is 10.2. The molecule has 6 nitrogen and oxygen atoms in total. The summed E-state index contributed by atoms with van der Waals surface area (Å²) in [5.41, 5.74) is 0.377. The van der Waals surface area contributed by atoms with E-state index in [-0.39, 0.29) is 18.3 Å². The normalized spacial score (nSPS) is 17.6. The summed E-state index contributed by atoms with van der Waals surface area (Å²) in [6.07, 6.45) is 5.59. The van der Waals surface area contributed by atoms with Crippen LogP contribution >= 0.6 is 24.0 Å². The molecule has 2 aromatic heterocycles. The minimum absolute atomic E-state index is 0. The lowest BCUT2D eigenvalue weighted by atomic mass is 10.1. The van der Waals surface area contributed by atoms with E-state index >= 15 is 0 Å². The molecule has 0 bridgehead atoms. The molecule has 1 aliphatic rings. The Labute approximate surface area is 139 Å². The predicted molar refractivity (Wildman–Crippen MR) is 87.8 cm³/mol. The zero-order valence-electron chi connectivity index (χ0n) is 11.8. The summed E-state index contributed by atoms with van der Waals surface area (Å²) in [4.78, 5) is 16.2. The van der Waals surface area contributed by atoms with Gasteiger partial charge in [0, 0.05) is 24.0 Å². The van der Waals surface area contributed by atoms with Gasteiger partial charge >= 0.3 is 0 Å². The van der Waals surface area contributed by atoms with Gasteiger partial charge in [-0.05, 0) is 37.6 Å². The number of halogens is 2. The number of carbonyl (C=O) groups is 1. The van der Waals surface area contributed by atoms with E-state index in [2.05, 4.69) is 20.7 Å². The number of piperidine rings is 1. The quantitative estimate of drug-likeness (QED) is 0.899. The molecule has 1 fully saturated rings. The van der Waals surface area contributed by atoms with Crippen LogP contribution in [0.15, 0.2) is 30.6 Å². The molecule has 0 aliphatic carbocycles. The second kappa shape index (κ2) is 7.58. The zero-order chi connectivity index (χ0) is 14.7. The number of nitrogens with zero attached hydrogens (tertiary/aromatic N) is 3. The standard InChI is InChI=1S/C14H16ClN5O.ClH/c15-10-3-6-17-13(8-10)18-14(21)12-4-7-20(19-12)11-2-1-5-16-9-11;/h3-4,6-8,11,16H,1-2,5,9H2,(H,17,18,21);1H. The highest BCUT2D eigenvalue weighted by Crippen LogP contribution is 2.16. The molecule has 3 rings (SSSR count). The van der Waals surface area contributed by atoms with E-state index in [0.29, 0.717) is 22.6 Å². The average Bonchev–Trinajstić information content (AvgIpc) is 2.98. The van der Waals surface area contributed by atoms with Crippen molar-refractivity contribution >= 4 is 35.7 Å². The summed E-state index contributed by atoms with van der Waals surface area (Å²) in [5, 5.41) is 10.9. The van der Waals surface area contributed by atoms with Crippen molar-refractivity contribution in [2.75, 3.05) is 18.4 Å². The predicted octanol–water partition coefficient (Wildman–Crippen LogP) is 2.53. The molecular weight excluding hydrogens is 325 g/mol. The van der Waals surface area contributed by atoms with Crippen LogP contribution in [0.4, 0.5) is 5.82 Å². The summed E-state index contributed by atoms with van der Waals surface area (Å²) in [6.45, 7) is 1.93. The molecule has 0 saturated carbocycles. The number of hydrogen-bond acceptors (Lipinski definition) is 4. The van der Waals surface area contributed by atoms with E-state index in [9.17, 15) is 4.79 Å². The van der Waals surface area contributed by atoms with Crippen molar-refractivity contribution in [1.82, 2.24) is 20.1 Å². The first kappa shape index (κ1) is 16.7. The maximum atomic E-state index is 12.1. The van der Waals surface area contributed by atoms with Crippen LogP contribution in [0.5, 0.6) is 0 Å². The van der Waals surface area contributed by atoms with Gasteiger partial charge in [-0.25, -0.2) is 4.98 Å². The maximum Gasteiger partial charge on any atom is 0.277 e. The summed E-state index contributed by atoms with van der Waals surface area (Å²) < 4.78 is 1.85. The van der Waals surface area contributed by atoms with Crippen LogP contribution in [-0.2, 0) is 0 Å². The van der Waals surface area contributed by atoms with Crippen molar-refractivity contribution in [3.05, 3.63) is 41.3 Å². The molecule has 0 aromatic carbocycles. The molecule has 3 heterocycles. The second-order valence-corrected chi connectivity index (χ2v) is 5.43. The SMILES string of the molecule is Cl.O=C(Nc1cc(Cl)ccn1)c1ccn(C2CCCNC2)n1. The molecule has 2 N–H and O–H groups in total. The second-order valence-electron chi connectivity index (χ2n) is 4.99. The molecule has 1 unspecified atom stereocenters. The van der Waals surface area contributed by atoms with Crippen LogP contribution in [-0.4, -0.2) is 33.8 Å². The van der Waals surface area contributed by atoms with Crippen LogP contribution in [0.1, 0.15) is 29.4 Å². The van der Waals surface area contributed by atoms with E-state index in [1.54, 1.807) is 24.4 Å².